The zero-order valence-corrected chi connectivity index (χ0v) is 15.5. The van der Waals surface area contributed by atoms with Crippen LogP contribution >= 0.6 is 19.0 Å². The number of carbonyl (C=O) groups excluding carboxylic acids is 1. The highest BCUT2D eigenvalue weighted by Gasteiger charge is 2.40. The summed E-state index contributed by atoms with van der Waals surface area (Å²) in [4.78, 5) is 37.2. The highest BCUT2D eigenvalue weighted by atomic mass is 32.7. The van der Waals surface area contributed by atoms with Crippen molar-refractivity contribution in [3.63, 3.8) is 0 Å². The van der Waals surface area contributed by atoms with E-state index >= 15 is 0 Å². The van der Waals surface area contributed by atoms with Crippen LogP contribution in [0.4, 0.5) is 0 Å². The van der Waals surface area contributed by atoms with E-state index in [0.717, 1.165) is 5.75 Å². The maximum atomic E-state index is 12.1. The monoisotopic (exact) mass is 390 g/mol. The first-order valence-corrected chi connectivity index (χ1v) is 10.5. The van der Waals surface area contributed by atoms with Crippen LogP contribution in [0.3, 0.4) is 0 Å². The highest BCUT2D eigenvalue weighted by molar-refractivity contribution is 8.53. The number of nitrogens with one attached hydrogen (secondary N) is 1. The molecule has 9 nitrogen and oxygen atoms in total. The molecular formula is C14H19N2O7PS. The minimum Gasteiger partial charge on any atom is -0.460 e. The predicted molar refractivity (Wildman–Crippen MR) is 91.4 cm³/mol. The summed E-state index contributed by atoms with van der Waals surface area (Å²) in [5.74, 6) is 0.459. The summed E-state index contributed by atoms with van der Waals surface area (Å²) in [6.07, 6.45) is 0.0423. The number of aromatic nitrogens is 2. The van der Waals surface area contributed by atoms with Gasteiger partial charge in [-0.3, -0.25) is 19.1 Å². The molecule has 4 atom stereocenters. The van der Waals surface area contributed by atoms with Gasteiger partial charge in [0.15, 0.2) is 0 Å². The van der Waals surface area contributed by atoms with Gasteiger partial charge in [-0.05, 0) is 6.92 Å². The Labute approximate surface area is 148 Å². The Morgan fingerprint density at radius 3 is 3.00 bits per heavy atom. The van der Waals surface area contributed by atoms with Crippen LogP contribution in [0.5, 0.6) is 0 Å². The number of hydrogen-bond donors (Lipinski definition) is 1. The summed E-state index contributed by atoms with van der Waals surface area (Å²) >= 11 is 1.61. The molecule has 25 heavy (non-hydrogen) atoms. The number of aromatic amines is 1. The quantitative estimate of drug-likeness (QED) is 0.588. The zero-order valence-electron chi connectivity index (χ0n) is 13.8. The standard InChI is InChI=1S/C14H19N2O7PS/c1-8-6-16(14(19)15-13(8)18)12-5-10(22-9(2)17)11(23-12)7-21-24-20-3-4-25-24/h6,10-12H,3-5,7H2,1-2H3,(H,15,18,19)/t10-,11+,12+,24?/m0/s1. The molecule has 2 fully saturated rings. The van der Waals surface area contributed by atoms with Crippen LogP contribution in [0.2, 0.25) is 0 Å². The first-order chi connectivity index (χ1) is 11.9. The number of rotatable bonds is 5. The molecule has 3 heterocycles. The van der Waals surface area contributed by atoms with Gasteiger partial charge in [-0.25, -0.2) is 4.79 Å². The first kappa shape index (κ1) is 18.6. The number of esters is 1. The highest BCUT2D eigenvalue weighted by Crippen LogP contribution is 2.56. The van der Waals surface area contributed by atoms with Crippen molar-refractivity contribution in [2.45, 2.75) is 38.7 Å². The summed E-state index contributed by atoms with van der Waals surface area (Å²) in [5.41, 5.74) is -0.608. The van der Waals surface area contributed by atoms with Gasteiger partial charge in [0.25, 0.3) is 5.56 Å². The van der Waals surface area contributed by atoms with Gasteiger partial charge in [0.05, 0.1) is 13.2 Å². The summed E-state index contributed by atoms with van der Waals surface area (Å²) in [7, 11) is -1.00. The van der Waals surface area contributed by atoms with Crippen LogP contribution in [0.1, 0.15) is 25.1 Å². The molecule has 0 spiro atoms. The molecule has 3 rings (SSSR count). The lowest BCUT2D eigenvalue weighted by atomic mass is 10.2. The fraction of sp³-hybridized carbons (Fsp3) is 0.643. The van der Waals surface area contributed by atoms with Crippen molar-refractivity contribution in [1.82, 2.24) is 9.55 Å². The zero-order chi connectivity index (χ0) is 18.0. The lowest BCUT2D eigenvalue weighted by molar-refractivity contribution is -0.150. The Balaban J connectivity index is 1.73. The van der Waals surface area contributed by atoms with Crippen LogP contribution in [0, 0.1) is 6.92 Å². The number of hydrogen-bond acceptors (Lipinski definition) is 8. The molecule has 0 amide bonds. The minimum atomic E-state index is -1.00. The van der Waals surface area contributed by atoms with Crippen LogP contribution < -0.4 is 11.2 Å². The molecular weight excluding hydrogens is 371 g/mol. The molecule has 0 bridgehead atoms. The third-order valence-electron chi connectivity index (χ3n) is 3.77. The van der Waals surface area contributed by atoms with Crippen LogP contribution in [0.15, 0.2) is 15.8 Å². The number of carbonyl (C=O) groups is 1. The van der Waals surface area contributed by atoms with Crippen molar-refractivity contribution >= 4 is 24.9 Å². The van der Waals surface area contributed by atoms with E-state index < -0.39 is 43.2 Å². The summed E-state index contributed by atoms with van der Waals surface area (Å²) in [6.45, 7) is 3.78. The molecule has 138 valence electrons. The topological polar surface area (TPSA) is 109 Å². The lowest BCUT2D eigenvalue weighted by Gasteiger charge is -2.19. The van der Waals surface area contributed by atoms with E-state index in [1.54, 1.807) is 18.3 Å². The van der Waals surface area contributed by atoms with Crippen molar-refractivity contribution in [1.29, 1.82) is 0 Å². The van der Waals surface area contributed by atoms with Crippen molar-refractivity contribution < 1.29 is 23.3 Å². The molecule has 0 saturated carbocycles. The molecule has 2 aliphatic heterocycles. The van der Waals surface area contributed by atoms with E-state index in [9.17, 15) is 14.4 Å². The third-order valence-corrected chi connectivity index (χ3v) is 6.90. The van der Waals surface area contributed by atoms with E-state index in [4.69, 9.17) is 18.5 Å². The van der Waals surface area contributed by atoms with Crippen molar-refractivity contribution in [3.8, 4) is 0 Å². The van der Waals surface area contributed by atoms with Gasteiger partial charge in [-0.2, -0.15) is 0 Å². The minimum absolute atomic E-state index is 0.199. The lowest BCUT2D eigenvalue weighted by Crippen LogP contribution is -2.33. The number of H-pyrrole nitrogens is 1. The van der Waals surface area contributed by atoms with E-state index in [-0.39, 0.29) is 6.61 Å². The van der Waals surface area contributed by atoms with Gasteiger partial charge >= 0.3 is 11.7 Å². The second-order valence-corrected chi connectivity index (χ2v) is 8.98. The van der Waals surface area contributed by atoms with E-state index in [1.165, 1.54) is 17.7 Å². The summed E-state index contributed by atoms with van der Waals surface area (Å²) < 4.78 is 23.6. The third kappa shape index (κ3) is 4.51. The second-order valence-electron chi connectivity index (χ2n) is 5.68. The average molecular weight is 390 g/mol. The van der Waals surface area contributed by atoms with Gasteiger partial charge in [0.2, 0.25) is 7.58 Å². The first-order valence-electron chi connectivity index (χ1n) is 7.77. The fourth-order valence-electron chi connectivity index (χ4n) is 2.63. The normalized spacial score (nSPS) is 29.0. The van der Waals surface area contributed by atoms with Crippen LogP contribution in [-0.2, 0) is 23.3 Å². The van der Waals surface area contributed by atoms with Crippen LogP contribution in [0.25, 0.3) is 0 Å². The SMILES string of the molecule is CC(=O)O[C@H]1C[C@H](n2cc(C)c(=O)[nH]c2=O)O[C@@H]1COP1OCCS1. The molecule has 1 aromatic heterocycles. The van der Waals surface area contributed by atoms with Crippen molar-refractivity contribution in [3.05, 3.63) is 32.6 Å². The van der Waals surface area contributed by atoms with E-state index in [0.29, 0.717) is 18.6 Å². The predicted octanol–water partition coefficient (Wildman–Crippen LogP) is 1.07. The Morgan fingerprint density at radius 2 is 2.32 bits per heavy atom. The molecule has 1 aromatic rings. The maximum absolute atomic E-state index is 12.1. The smallest absolute Gasteiger partial charge is 0.330 e. The molecule has 11 heteroatoms. The molecule has 2 aliphatic rings. The van der Waals surface area contributed by atoms with Crippen molar-refractivity contribution in [2.24, 2.45) is 0 Å². The van der Waals surface area contributed by atoms with E-state index in [2.05, 4.69) is 4.98 Å². The molecule has 2 saturated heterocycles. The largest absolute Gasteiger partial charge is 0.460 e. The second kappa shape index (κ2) is 8.01. The summed E-state index contributed by atoms with van der Waals surface area (Å²) in [6, 6.07) is 0. The Morgan fingerprint density at radius 1 is 1.52 bits per heavy atom. The number of ether oxygens (including phenoxy) is 2. The average Bonchev–Trinajstić information content (AvgIpc) is 3.18. The number of nitrogens with zero attached hydrogens (tertiary/aromatic N) is 1. The molecule has 0 aromatic carbocycles. The molecule has 1 unspecified atom stereocenters. The maximum Gasteiger partial charge on any atom is 0.330 e. The summed E-state index contributed by atoms with van der Waals surface area (Å²) in [5, 5.41) is 0. The Kier molecular flexibility index (Phi) is 5.96. The van der Waals surface area contributed by atoms with Crippen LogP contribution in [-0.4, -0.2) is 46.7 Å². The molecule has 1 N–H and O–H groups in total. The molecule has 0 aliphatic carbocycles. The van der Waals surface area contributed by atoms with Gasteiger partial charge in [-0.1, -0.05) is 11.4 Å². The number of aryl methyl sites for hydroxylation is 1. The molecule has 0 radical (unpaired) electrons. The van der Waals surface area contributed by atoms with Gasteiger partial charge in [0, 0.05) is 30.9 Å². The van der Waals surface area contributed by atoms with Gasteiger partial charge in [-0.15, -0.1) is 0 Å². The fourth-order valence-corrected chi connectivity index (χ4v) is 5.32. The van der Waals surface area contributed by atoms with Gasteiger partial charge < -0.3 is 18.5 Å². The van der Waals surface area contributed by atoms with E-state index in [1.807, 2.05) is 0 Å². The Hall–Kier alpha value is -1.19. The van der Waals surface area contributed by atoms with Crippen molar-refractivity contribution in [2.75, 3.05) is 19.0 Å². The van der Waals surface area contributed by atoms with Gasteiger partial charge in [0.1, 0.15) is 18.4 Å². The Bertz CT molecular complexity index is 745.